The molecule has 0 aliphatic carbocycles. The summed E-state index contributed by atoms with van der Waals surface area (Å²) in [6.45, 7) is 9.00. The molecule has 4 nitrogen and oxygen atoms in total. The van der Waals surface area contributed by atoms with E-state index in [1.165, 1.54) is 32.4 Å². The summed E-state index contributed by atoms with van der Waals surface area (Å²) in [4.78, 5) is 14.2. The topological polar surface area (TPSA) is 58.4 Å². The summed E-state index contributed by atoms with van der Waals surface area (Å²) >= 11 is 0. The van der Waals surface area contributed by atoms with E-state index in [4.69, 9.17) is 5.73 Å². The average Bonchev–Trinajstić information content (AvgIpc) is 2.35. The van der Waals surface area contributed by atoms with E-state index in [0.29, 0.717) is 6.04 Å². The molecule has 1 fully saturated rings. The summed E-state index contributed by atoms with van der Waals surface area (Å²) in [6.07, 6.45) is 3.92. The van der Waals surface area contributed by atoms with Gasteiger partial charge >= 0.3 is 0 Å². The molecule has 0 aromatic carbocycles. The van der Waals surface area contributed by atoms with Crippen molar-refractivity contribution in [2.75, 3.05) is 19.6 Å². The van der Waals surface area contributed by atoms with Gasteiger partial charge in [-0.3, -0.25) is 9.69 Å². The molecule has 1 rings (SSSR count). The van der Waals surface area contributed by atoms with Crippen molar-refractivity contribution in [2.24, 2.45) is 11.7 Å². The van der Waals surface area contributed by atoms with Crippen molar-refractivity contribution in [1.82, 2.24) is 10.2 Å². The molecular weight excluding hydrogens is 214 g/mol. The van der Waals surface area contributed by atoms with E-state index in [0.717, 1.165) is 6.54 Å². The van der Waals surface area contributed by atoms with Gasteiger partial charge in [0.25, 0.3) is 0 Å². The highest BCUT2D eigenvalue weighted by Crippen LogP contribution is 2.11. The molecule has 1 aliphatic rings. The number of likely N-dealkylation sites (tertiary alicyclic amines) is 1. The maximum Gasteiger partial charge on any atom is 0.224 e. The van der Waals surface area contributed by atoms with Gasteiger partial charge in [-0.2, -0.15) is 0 Å². The molecule has 1 saturated heterocycles. The third-order valence-electron chi connectivity index (χ3n) is 3.79. The van der Waals surface area contributed by atoms with Gasteiger partial charge in [-0.15, -0.1) is 0 Å². The Morgan fingerprint density at radius 3 is 2.35 bits per heavy atom. The molecule has 0 aromatic heterocycles. The maximum atomic E-state index is 11.8. The minimum absolute atomic E-state index is 0.0730. The molecule has 3 unspecified atom stereocenters. The molecule has 0 bridgehead atoms. The number of piperidine rings is 1. The molecule has 4 heteroatoms. The Kier molecular flexibility index (Phi) is 5.92. The summed E-state index contributed by atoms with van der Waals surface area (Å²) < 4.78 is 0. The van der Waals surface area contributed by atoms with Gasteiger partial charge in [0.1, 0.15) is 0 Å². The van der Waals surface area contributed by atoms with Gasteiger partial charge in [-0.25, -0.2) is 0 Å². The van der Waals surface area contributed by atoms with Crippen LogP contribution in [0.4, 0.5) is 0 Å². The minimum Gasteiger partial charge on any atom is -0.354 e. The van der Waals surface area contributed by atoms with E-state index in [-0.39, 0.29) is 17.9 Å². The first-order chi connectivity index (χ1) is 8.02. The van der Waals surface area contributed by atoms with Gasteiger partial charge in [-0.1, -0.05) is 13.3 Å². The first kappa shape index (κ1) is 14.5. The Bertz CT molecular complexity index is 237. The fraction of sp³-hybridized carbons (Fsp3) is 0.923. The quantitative estimate of drug-likeness (QED) is 0.754. The molecular formula is C13H27N3O. The summed E-state index contributed by atoms with van der Waals surface area (Å²) in [5.74, 6) is -0.0348. The summed E-state index contributed by atoms with van der Waals surface area (Å²) in [5, 5.41) is 3.00. The molecule has 0 radical (unpaired) electrons. The number of nitrogens with zero attached hydrogens (tertiary/aromatic N) is 1. The number of nitrogens with two attached hydrogens (primary N) is 1. The predicted molar refractivity (Wildman–Crippen MR) is 70.7 cm³/mol. The number of hydrogen-bond donors (Lipinski definition) is 2. The Hall–Kier alpha value is -0.610. The number of nitrogens with one attached hydrogen (secondary N) is 1. The van der Waals surface area contributed by atoms with E-state index in [9.17, 15) is 4.79 Å². The summed E-state index contributed by atoms with van der Waals surface area (Å²) in [7, 11) is 0. The van der Waals surface area contributed by atoms with Crippen LogP contribution in [0.5, 0.6) is 0 Å². The molecule has 17 heavy (non-hydrogen) atoms. The molecule has 0 spiro atoms. The monoisotopic (exact) mass is 241 g/mol. The highest BCUT2D eigenvalue weighted by Gasteiger charge is 2.20. The van der Waals surface area contributed by atoms with Crippen LogP contribution < -0.4 is 11.1 Å². The second-order valence-corrected chi connectivity index (χ2v) is 5.34. The second kappa shape index (κ2) is 6.97. The lowest BCUT2D eigenvalue weighted by Crippen LogP contribution is -2.47. The van der Waals surface area contributed by atoms with Crippen LogP contribution in [-0.4, -0.2) is 42.5 Å². The number of hydrogen-bond acceptors (Lipinski definition) is 3. The van der Waals surface area contributed by atoms with Crippen LogP contribution in [0.3, 0.4) is 0 Å². The second-order valence-electron chi connectivity index (χ2n) is 5.34. The molecule has 100 valence electrons. The van der Waals surface area contributed by atoms with E-state index in [1.807, 2.05) is 13.8 Å². The van der Waals surface area contributed by atoms with E-state index in [1.54, 1.807) is 0 Å². The molecule has 0 aromatic rings. The standard InChI is InChI=1S/C13H27N3O/c1-10(16-7-5-4-6-8-16)9-15-13(17)11(2)12(3)14/h10-12H,4-9,14H2,1-3H3,(H,15,17). The van der Waals surface area contributed by atoms with Crippen molar-refractivity contribution in [2.45, 2.75) is 52.1 Å². The van der Waals surface area contributed by atoms with Gasteiger partial charge in [0.05, 0.1) is 0 Å². The van der Waals surface area contributed by atoms with E-state index < -0.39 is 0 Å². The summed E-state index contributed by atoms with van der Waals surface area (Å²) in [5.41, 5.74) is 5.71. The van der Waals surface area contributed by atoms with Gasteiger partial charge in [0, 0.05) is 24.5 Å². The Labute approximate surface area is 105 Å². The molecule has 0 saturated carbocycles. The van der Waals surface area contributed by atoms with Crippen molar-refractivity contribution in [3.8, 4) is 0 Å². The van der Waals surface area contributed by atoms with Gasteiger partial charge in [-0.05, 0) is 39.8 Å². The molecule has 1 aliphatic heterocycles. The number of rotatable bonds is 5. The average molecular weight is 241 g/mol. The molecule has 1 heterocycles. The van der Waals surface area contributed by atoms with Crippen molar-refractivity contribution >= 4 is 5.91 Å². The third kappa shape index (κ3) is 4.64. The Morgan fingerprint density at radius 2 is 1.82 bits per heavy atom. The van der Waals surface area contributed by atoms with Crippen LogP contribution in [0.25, 0.3) is 0 Å². The predicted octanol–water partition coefficient (Wildman–Crippen LogP) is 0.960. The lowest BCUT2D eigenvalue weighted by atomic mass is 10.0. The zero-order valence-electron chi connectivity index (χ0n) is 11.4. The van der Waals surface area contributed by atoms with Crippen LogP contribution in [0, 0.1) is 5.92 Å². The molecule has 3 N–H and O–H groups in total. The number of carbonyl (C=O) groups excluding carboxylic acids is 1. The van der Waals surface area contributed by atoms with Crippen LogP contribution in [0.1, 0.15) is 40.0 Å². The van der Waals surface area contributed by atoms with Crippen molar-refractivity contribution in [1.29, 1.82) is 0 Å². The fourth-order valence-electron chi connectivity index (χ4n) is 2.14. The minimum atomic E-state index is -0.108. The largest absolute Gasteiger partial charge is 0.354 e. The number of carbonyl (C=O) groups is 1. The third-order valence-corrected chi connectivity index (χ3v) is 3.79. The molecule has 3 atom stereocenters. The smallest absolute Gasteiger partial charge is 0.224 e. The van der Waals surface area contributed by atoms with Crippen LogP contribution >= 0.6 is 0 Å². The van der Waals surface area contributed by atoms with Crippen molar-refractivity contribution in [3.05, 3.63) is 0 Å². The van der Waals surface area contributed by atoms with Crippen LogP contribution in [0.15, 0.2) is 0 Å². The highest BCUT2D eigenvalue weighted by molar-refractivity contribution is 5.78. The Morgan fingerprint density at radius 1 is 1.24 bits per heavy atom. The SMILES string of the molecule is CC(N)C(C)C(=O)NCC(C)N1CCCCC1. The lowest BCUT2D eigenvalue weighted by Gasteiger charge is -2.32. The van der Waals surface area contributed by atoms with Crippen molar-refractivity contribution in [3.63, 3.8) is 0 Å². The summed E-state index contributed by atoms with van der Waals surface area (Å²) in [6, 6.07) is 0.347. The van der Waals surface area contributed by atoms with Gasteiger partial charge in [0.15, 0.2) is 0 Å². The fourth-order valence-corrected chi connectivity index (χ4v) is 2.14. The normalized spacial score (nSPS) is 22.8. The zero-order valence-corrected chi connectivity index (χ0v) is 11.4. The highest BCUT2D eigenvalue weighted by atomic mass is 16.1. The first-order valence-electron chi connectivity index (χ1n) is 6.79. The maximum absolute atomic E-state index is 11.8. The van der Waals surface area contributed by atoms with E-state index in [2.05, 4.69) is 17.1 Å². The van der Waals surface area contributed by atoms with Crippen LogP contribution in [-0.2, 0) is 4.79 Å². The van der Waals surface area contributed by atoms with Gasteiger partial charge < -0.3 is 11.1 Å². The lowest BCUT2D eigenvalue weighted by molar-refractivity contribution is -0.125. The van der Waals surface area contributed by atoms with E-state index >= 15 is 0 Å². The van der Waals surface area contributed by atoms with Crippen molar-refractivity contribution < 1.29 is 4.79 Å². The Balaban J connectivity index is 2.27. The number of amides is 1. The first-order valence-corrected chi connectivity index (χ1v) is 6.79. The van der Waals surface area contributed by atoms with Crippen LogP contribution in [0.2, 0.25) is 0 Å². The molecule has 1 amide bonds. The zero-order chi connectivity index (χ0) is 12.8. The van der Waals surface area contributed by atoms with Gasteiger partial charge in [0.2, 0.25) is 5.91 Å².